The number of likely N-dealkylation sites (tertiary alicyclic amines) is 1. The van der Waals surface area contributed by atoms with E-state index in [1.54, 1.807) is 25.6 Å². The highest BCUT2D eigenvalue weighted by Gasteiger charge is 2.24. The van der Waals surface area contributed by atoms with Crippen molar-refractivity contribution in [3.8, 4) is 22.8 Å². The SMILES string of the molecule is COc1ccc(OC)c(-c2cn3c(CC(=O)N4CCCCC4C)csc3n2)c1. The van der Waals surface area contributed by atoms with Gasteiger partial charge in [-0.3, -0.25) is 9.20 Å². The molecule has 4 rings (SSSR count). The van der Waals surface area contributed by atoms with Crippen LogP contribution in [0.3, 0.4) is 0 Å². The average Bonchev–Trinajstić information content (AvgIpc) is 3.29. The quantitative estimate of drug-likeness (QED) is 0.650. The second-order valence-corrected chi connectivity index (χ2v) is 8.02. The van der Waals surface area contributed by atoms with Crippen molar-refractivity contribution in [3.05, 3.63) is 35.5 Å². The number of benzene rings is 1. The Kier molecular flexibility index (Phi) is 5.26. The van der Waals surface area contributed by atoms with Crippen LogP contribution in [0.15, 0.2) is 29.8 Å². The Morgan fingerprint density at radius 3 is 2.89 bits per heavy atom. The fraction of sp³-hybridized carbons (Fsp3) is 0.429. The molecule has 0 spiro atoms. The van der Waals surface area contributed by atoms with E-state index in [-0.39, 0.29) is 5.91 Å². The molecule has 1 atom stereocenters. The number of imidazole rings is 1. The Labute approximate surface area is 168 Å². The topological polar surface area (TPSA) is 56.1 Å². The molecular weight excluding hydrogens is 374 g/mol. The molecule has 1 aliphatic rings. The second kappa shape index (κ2) is 7.83. The predicted molar refractivity (Wildman–Crippen MR) is 110 cm³/mol. The van der Waals surface area contributed by atoms with Gasteiger partial charge in [0.25, 0.3) is 0 Å². The molecule has 3 heterocycles. The van der Waals surface area contributed by atoms with E-state index in [2.05, 4.69) is 6.92 Å². The van der Waals surface area contributed by atoms with Crippen LogP contribution < -0.4 is 9.47 Å². The number of piperidine rings is 1. The zero-order valence-corrected chi connectivity index (χ0v) is 17.3. The normalized spacial score (nSPS) is 17.1. The molecule has 6 nitrogen and oxygen atoms in total. The Bertz CT molecular complexity index is 994. The first kappa shape index (κ1) is 18.8. The van der Waals surface area contributed by atoms with Crippen molar-refractivity contribution in [1.29, 1.82) is 0 Å². The summed E-state index contributed by atoms with van der Waals surface area (Å²) in [6.45, 7) is 3.01. The summed E-state index contributed by atoms with van der Waals surface area (Å²) < 4.78 is 12.9. The third kappa shape index (κ3) is 3.46. The van der Waals surface area contributed by atoms with Crippen molar-refractivity contribution in [2.45, 2.75) is 38.6 Å². The molecule has 0 bridgehead atoms. The standard InChI is InChI=1S/C21H25N3O3S/c1-14-6-4-5-9-23(14)20(25)10-15-13-28-21-22-18(12-24(15)21)17-11-16(26-2)7-8-19(17)27-3/h7-8,11-14H,4-6,9-10H2,1-3H3. The number of thiazole rings is 1. The summed E-state index contributed by atoms with van der Waals surface area (Å²) in [7, 11) is 3.29. The van der Waals surface area contributed by atoms with Gasteiger partial charge in [-0.15, -0.1) is 11.3 Å². The van der Waals surface area contributed by atoms with Crippen molar-refractivity contribution in [3.63, 3.8) is 0 Å². The van der Waals surface area contributed by atoms with E-state index in [0.29, 0.717) is 12.5 Å². The molecule has 1 saturated heterocycles. The highest BCUT2D eigenvalue weighted by Crippen LogP contribution is 2.34. The number of amides is 1. The van der Waals surface area contributed by atoms with E-state index >= 15 is 0 Å². The largest absolute Gasteiger partial charge is 0.497 e. The van der Waals surface area contributed by atoms with Crippen LogP contribution in [0.4, 0.5) is 0 Å². The first-order valence-electron chi connectivity index (χ1n) is 9.58. The maximum atomic E-state index is 12.8. The Morgan fingerprint density at radius 2 is 2.14 bits per heavy atom. The number of rotatable bonds is 5. The van der Waals surface area contributed by atoms with E-state index in [9.17, 15) is 4.79 Å². The number of carbonyl (C=O) groups is 1. The van der Waals surface area contributed by atoms with Gasteiger partial charge in [-0.05, 0) is 44.4 Å². The first-order valence-corrected chi connectivity index (χ1v) is 10.5. The Hall–Kier alpha value is -2.54. The summed E-state index contributed by atoms with van der Waals surface area (Å²) in [4.78, 5) is 20.5. The second-order valence-electron chi connectivity index (χ2n) is 7.18. The van der Waals surface area contributed by atoms with Gasteiger partial charge in [0.2, 0.25) is 5.91 Å². The molecule has 7 heteroatoms. The summed E-state index contributed by atoms with van der Waals surface area (Å²) in [6.07, 6.45) is 5.78. The minimum absolute atomic E-state index is 0.195. The lowest BCUT2D eigenvalue weighted by Crippen LogP contribution is -2.42. The smallest absolute Gasteiger partial charge is 0.228 e. The Morgan fingerprint density at radius 1 is 1.29 bits per heavy atom. The van der Waals surface area contributed by atoms with Crippen LogP contribution in [0, 0.1) is 0 Å². The van der Waals surface area contributed by atoms with Crippen LogP contribution in [0.2, 0.25) is 0 Å². The number of carbonyl (C=O) groups excluding carboxylic acids is 1. The van der Waals surface area contributed by atoms with Crippen LogP contribution in [-0.2, 0) is 11.2 Å². The van der Waals surface area contributed by atoms with Crippen LogP contribution in [0.5, 0.6) is 11.5 Å². The van der Waals surface area contributed by atoms with Gasteiger partial charge < -0.3 is 14.4 Å². The number of hydrogen-bond donors (Lipinski definition) is 0. The minimum Gasteiger partial charge on any atom is -0.497 e. The molecule has 148 valence electrons. The molecule has 0 aliphatic carbocycles. The molecule has 0 radical (unpaired) electrons. The highest BCUT2D eigenvalue weighted by atomic mass is 32.1. The van der Waals surface area contributed by atoms with Crippen molar-refractivity contribution in [1.82, 2.24) is 14.3 Å². The molecule has 2 aromatic heterocycles. The fourth-order valence-electron chi connectivity index (χ4n) is 3.83. The van der Waals surface area contributed by atoms with Crippen molar-refractivity contribution in [2.75, 3.05) is 20.8 Å². The van der Waals surface area contributed by atoms with Gasteiger partial charge in [0.05, 0.1) is 26.3 Å². The summed E-state index contributed by atoms with van der Waals surface area (Å²) in [5, 5.41) is 2.03. The summed E-state index contributed by atoms with van der Waals surface area (Å²) in [5.41, 5.74) is 2.66. The third-order valence-electron chi connectivity index (χ3n) is 5.42. The van der Waals surface area contributed by atoms with Gasteiger partial charge >= 0.3 is 0 Å². The monoisotopic (exact) mass is 399 g/mol. The lowest BCUT2D eigenvalue weighted by Gasteiger charge is -2.33. The van der Waals surface area contributed by atoms with Gasteiger partial charge in [-0.2, -0.15) is 0 Å². The number of ether oxygens (including phenoxy) is 2. The first-order chi connectivity index (χ1) is 13.6. The highest BCUT2D eigenvalue weighted by molar-refractivity contribution is 7.15. The van der Waals surface area contributed by atoms with E-state index in [0.717, 1.165) is 52.8 Å². The molecule has 1 aliphatic heterocycles. The third-order valence-corrected chi connectivity index (χ3v) is 6.31. The van der Waals surface area contributed by atoms with Crippen LogP contribution in [0.1, 0.15) is 31.9 Å². The maximum Gasteiger partial charge on any atom is 0.228 e. The van der Waals surface area contributed by atoms with Crippen LogP contribution in [0.25, 0.3) is 16.2 Å². The lowest BCUT2D eigenvalue weighted by molar-refractivity contribution is -0.133. The van der Waals surface area contributed by atoms with E-state index in [4.69, 9.17) is 14.5 Å². The molecule has 0 saturated carbocycles. The molecule has 1 unspecified atom stereocenters. The van der Waals surface area contributed by atoms with Crippen LogP contribution in [-0.4, -0.2) is 47.0 Å². The predicted octanol–water partition coefficient (Wildman–Crippen LogP) is 4.02. The number of aromatic nitrogens is 2. The van der Waals surface area contributed by atoms with E-state index in [1.165, 1.54) is 6.42 Å². The number of nitrogens with zero attached hydrogens (tertiary/aromatic N) is 3. The van der Waals surface area contributed by atoms with E-state index < -0.39 is 0 Å². The maximum absolute atomic E-state index is 12.8. The summed E-state index contributed by atoms with van der Waals surface area (Å²) in [5.74, 6) is 1.69. The zero-order valence-electron chi connectivity index (χ0n) is 16.5. The lowest BCUT2D eigenvalue weighted by atomic mass is 10.0. The van der Waals surface area contributed by atoms with Gasteiger partial charge in [-0.25, -0.2) is 4.98 Å². The van der Waals surface area contributed by atoms with Crippen LogP contribution >= 0.6 is 11.3 Å². The minimum atomic E-state index is 0.195. The van der Waals surface area contributed by atoms with Gasteiger partial charge in [0, 0.05) is 35.4 Å². The van der Waals surface area contributed by atoms with E-state index in [1.807, 2.05) is 39.1 Å². The molecule has 1 fully saturated rings. The zero-order chi connectivity index (χ0) is 19.7. The molecular formula is C21H25N3O3S. The Balaban J connectivity index is 1.63. The van der Waals surface area contributed by atoms with Crippen molar-refractivity contribution in [2.24, 2.45) is 0 Å². The molecule has 3 aromatic rings. The molecule has 0 N–H and O–H groups in total. The fourth-order valence-corrected chi connectivity index (χ4v) is 4.70. The number of hydrogen-bond acceptors (Lipinski definition) is 5. The molecule has 28 heavy (non-hydrogen) atoms. The van der Waals surface area contributed by atoms with Gasteiger partial charge in [0.1, 0.15) is 11.5 Å². The number of fused-ring (bicyclic) bond motifs is 1. The summed E-state index contributed by atoms with van der Waals surface area (Å²) >= 11 is 1.55. The average molecular weight is 400 g/mol. The van der Waals surface area contributed by atoms with Gasteiger partial charge in [0.15, 0.2) is 4.96 Å². The molecule has 1 aromatic carbocycles. The summed E-state index contributed by atoms with van der Waals surface area (Å²) in [6, 6.07) is 6.00. The van der Waals surface area contributed by atoms with Crippen molar-refractivity contribution >= 4 is 22.2 Å². The van der Waals surface area contributed by atoms with Crippen molar-refractivity contribution < 1.29 is 14.3 Å². The number of methoxy groups -OCH3 is 2. The molecule has 1 amide bonds. The van der Waals surface area contributed by atoms with Gasteiger partial charge in [-0.1, -0.05) is 0 Å².